The summed E-state index contributed by atoms with van der Waals surface area (Å²) in [6, 6.07) is 8.68. The Morgan fingerprint density at radius 1 is 0.900 bits per heavy atom. The normalized spacial score (nSPS) is 12.5. The number of benzene rings is 1. The molecule has 0 aliphatic heterocycles. The van der Waals surface area contributed by atoms with Gasteiger partial charge < -0.3 is 5.73 Å². The van der Waals surface area contributed by atoms with Gasteiger partial charge in [0.05, 0.1) is 0 Å². The Morgan fingerprint density at radius 2 is 1.40 bits per heavy atom. The van der Waals surface area contributed by atoms with Gasteiger partial charge in [0.1, 0.15) is 0 Å². The first-order valence-electron chi connectivity index (χ1n) is 7.14. The van der Waals surface area contributed by atoms with Crippen molar-refractivity contribution in [3.05, 3.63) is 63.5 Å². The monoisotopic (exact) mass is 268 g/mol. The minimum absolute atomic E-state index is 0.0236. The molecule has 2 rings (SSSR count). The molecule has 2 N–H and O–H groups in total. The van der Waals surface area contributed by atoms with E-state index in [-0.39, 0.29) is 6.04 Å². The molecule has 0 saturated carbocycles. The average Bonchev–Trinajstić information content (AvgIpc) is 2.32. The van der Waals surface area contributed by atoms with Gasteiger partial charge in [0.25, 0.3) is 0 Å². The fourth-order valence-corrected chi connectivity index (χ4v) is 2.95. The molecule has 0 radical (unpaired) electrons. The molecular formula is C18H24N2. The van der Waals surface area contributed by atoms with Crippen molar-refractivity contribution in [2.24, 2.45) is 5.73 Å². The Morgan fingerprint density at radius 3 is 1.90 bits per heavy atom. The maximum atomic E-state index is 6.41. The molecule has 2 aromatic rings. The molecule has 1 unspecified atom stereocenters. The second-order valence-electron chi connectivity index (χ2n) is 5.87. The van der Waals surface area contributed by atoms with Crippen LogP contribution in [0.2, 0.25) is 0 Å². The van der Waals surface area contributed by atoms with E-state index < -0.39 is 0 Å². The molecule has 2 nitrogen and oxygen atoms in total. The number of hydrogen-bond acceptors (Lipinski definition) is 2. The van der Waals surface area contributed by atoms with Crippen LogP contribution in [-0.2, 0) is 6.42 Å². The SMILES string of the molecule is Cc1cc(C)c(CC(N)c2cc(C)nc(C)c2)c(C)c1. The highest BCUT2D eigenvalue weighted by Crippen LogP contribution is 2.23. The van der Waals surface area contributed by atoms with Crippen LogP contribution in [0.5, 0.6) is 0 Å². The highest BCUT2D eigenvalue weighted by molar-refractivity contribution is 5.39. The summed E-state index contributed by atoms with van der Waals surface area (Å²) in [4.78, 5) is 4.41. The summed E-state index contributed by atoms with van der Waals surface area (Å²) in [5, 5.41) is 0. The predicted octanol–water partition coefficient (Wildman–Crippen LogP) is 3.87. The standard InChI is InChI=1S/C18H24N2/c1-11-6-12(2)17(13(3)7-11)10-18(19)16-8-14(4)20-15(5)9-16/h6-9,18H,10,19H2,1-5H3. The van der Waals surface area contributed by atoms with Crippen molar-refractivity contribution < 1.29 is 0 Å². The average molecular weight is 268 g/mol. The summed E-state index contributed by atoms with van der Waals surface area (Å²) in [6.45, 7) is 10.5. The lowest BCUT2D eigenvalue weighted by atomic mass is 9.92. The van der Waals surface area contributed by atoms with Gasteiger partial charge in [-0.25, -0.2) is 0 Å². The zero-order chi connectivity index (χ0) is 14.9. The van der Waals surface area contributed by atoms with Crippen molar-refractivity contribution in [3.63, 3.8) is 0 Å². The molecule has 0 aliphatic carbocycles. The number of nitrogens with zero attached hydrogens (tertiary/aromatic N) is 1. The Kier molecular flexibility index (Phi) is 4.24. The highest BCUT2D eigenvalue weighted by atomic mass is 14.7. The number of nitrogens with two attached hydrogens (primary N) is 1. The fraction of sp³-hybridized carbons (Fsp3) is 0.389. The zero-order valence-electron chi connectivity index (χ0n) is 13.1. The van der Waals surface area contributed by atoms with Crippen LogP contribution in [0.3, 0.4) is 0 Å². The fourth-order valence-electron chi connectivity index (χ4n) is 2.95. The van der Waals surface area contributed by atoms with Crippen molar-refractivity contribution >= 4 is 0 Å². The third-order valence-electron chi connectivity index (χ3n) is 3.80. The molecule has 20 heavy (non-hydrogen) atoms. The third kappa shape index (κ3) is 3.26. The van der Waals surface area contributed by atoms with Gasteiger partial charge in [-0.05, 0) is 75.4 Å². The van der Waals surface area contributed by atoms with Crippen LogP contribution in [-0.4, -0.2) is 4.98 Å². The van der Waals surface area contributed by atoms with Crippen LogP contribution >= 0.6 is 0 Å². The molecule has 1 atom stereocenters. The molecule has 2 heteroatoms. The predicted molar refractivity (Wildman–Crippen MR) is 85.0 cm³/mol. The van der Waals surface area contributed by atoms with Crippen LogP contribution in [0.25, 0.3) is 0 Å². The van der Waals surface area contributed by atoms with Crippen LogP contribution < -0.4 is 5.73 Å². The van der Waals surface area contributed by atoms with Crippen LogP contribution in [0.15, 0.2) is 24.3 Å². The van der Waals surface area contributed by atoms with Crippen molar-refractivity contribution in [1.82, 2.24) is 4.98 Å². The third-order valence-corrected chi connectivity index (χ3v) is 3.80. The van der Waals surface area contributed by atoms with E-state index in [4.69, 9.17) is 5.73 Å². The molecule has 0 aliphatic rings. The lowest BCUT2D eigenvalue weighted by Gasteiger charge is -2.17. The summed E-state index contributed by atoms with van der Waals surface area (Å²) in [5.41, 5.74) is 15.0. The van der Waals surface area contributed by atoms with Crippen molar-refractivity contribution in [2.75, 3.05) is 0 Å². The molecular weight excluding hydrogens is 244 g/mol. The van der Waals surface area contributed by atoms with E-state index in [1.54, 1.807) is 0 Å². The molecule has 106 valence electrons. The van der Waals surface area contributed by atoms with E-state index in [0.717, 1.165) is 17.8 Å². The number of hydrogen-bond donors (Lipinski definition) is 1. The number of aryl methyl sites for hydroxylation is 5. The summed E-state index contributed by atoms with van der Waals surface area (Å²) in [7, 11) is 0. The Balaban J connectivity index is 2.30. The molecule has 0 amide bonds. The van der Waals surface area contributed by atoms with Crippen molar-refractivity contribution in [2.45, 2.75) is 47.1 Å². The first-order chi connectivity index (χ1) is 9.36. The molecule has 0 bridgehead atoms. The van der Waals surface area contributed by atoms with Gasteiger partial charge in [-0.2, -0.15) is 0 Å². The first-order valence-corrected chi connectivity index (χ1v) is 7.14. The number of aromatic nitrogens is 1. The van der Waals surface area contributed by atoms with Crippen LogP contribution in [0.4, 0.5) is 0 Å². The van der Waals surface area contributed by atoms with E-state index in [9.17, 15) is 0 Å². The van der Waals surface area contributed by atoms with E-state index >= 15 is 0 Å². The van der Waals surface area contributed by atoms with Gasteiger partial charge in [-0.3, -0.25) is 4.98 Å². The summed E-state index contributed by atoms with van der Waals surface area (Å²) in [5.74, 6) is 0. The van der Waals surface area contributed by atoms with E-state index in [2.05, 4.69) is 50.0 Å². The summed E-state index contributed by atoms with van der Waals surface area (Å²) < 4.78 is 0. The van der Waals surface area contributed by atoms with E-state index in [1.165, 1.54) is 27.8 Å². The van der Waals surface area contributed by atoms with Gasteiger partial charge in [-0.15, -0.1) is 0 Å². The highest BCUT2D eigenvalue weighted by Gasteiger charge is 2.12. The minimum Gasteiger partial charge on any atom is -0.324 e. The molecule has 1 aromatic carbocycles. The molecule has 0 saturated heterocycles. The largest absolute Gasteiger partial charge is 0.324 e. The summed E-state index contributed by atoms with van der Waals surface area (Å²) >= 11 is 0. The number of rotatable bonds is 3. The first kappa shape index (κ1) is 14.7. The minimum atomic E-state index is 0.0236. The van der Waals surface area contributed by atoms with Gasteiger partial charge in [0.2, 0.25) is 0 Å². The maximum Gasteiger partial charge on any atom is 0.0379 e. The Bertz CT molecular complexity index is 586. The van der Waals surface area contributed by atoms with Gasteiger partial charge in [0.15, 0.2) is 0 Å². The second-order valence-corrected chi connectivity index (χ2v) is 5.87. The molecule has 0 fully saturated rings. The Labute approximate surface area is 122 Å². The molecule has 1 aromatic heterocycles. The van der Waals surface area contributed by atoms with Gasteiger partial charge in [-0.1, -0.05) is 17.7 Å². The van der Waals surface area contributed by atoms with Crippen molar-refractivity contribution in [1.29, 1.82) is 0 Å². The van der Waals surface area contributed by atoms with E-state index in [1.807, 2.05) is 13.8 Å². The smallest absolute Gasteiger partial charge is 0.0379 e. The van der Waals surface area contributed by atoms with Gasteiger partial charge >= 0.3 is 0 Å². The quantitative estimate of drug-likeness (QED) is 0.918. The molecule has 1 heterocycles. The zero-order valence-corrected chi connectivity index (χ0v) is 13.1. The lowest BCUT2D eigenvalue weighted by molar-refractivity contribution is 0.711. The maximum absolute atomic E-state index is 6.41. The summed E-state index contributed by atoms with van der Waals surface area (Å²) in [6.07, 6.45) is 0.876. The number of pyridine rings is 1. The molecule has 0 spiro atoms. The lowest BCUT2D eigenvalue weighted by Crippen LogP contribution is -2.15. The second kappa shape index (κ2) is 5.76. The van der Waals surface area contributed by atoms with Crippen molar-refractivity contribution in [3.8, 4) is 0 Å². The van der Waals surface area contributed by atoms with Crippen LogP contribution in [0, 0.1) is 34.6 Å². The van der Waals surface area contributed by atoms with Gasteiger partial charge in [0, 0.05) is 17.4 Å². The van der Waals surface area contributed by atoms with E-state index in [0.29, 0.717) is 0 Å². The van der Waals surface area contributed by atoms with Crippen LogP contribution in [0.1, 0.15) is 45.2 Å². The Hall–Kier alpha value is -1.67. The topological polar surface area (TPSA) is 38.9 Å².